The third-order valence-corrected chi connectivity index (χ3v) is 3.00. The Labute approximate surface area is 137 Å². The van der Waals surface area contributed by atoms with Crippen LogP contribution >= 0.6 is 0 Å². The van der Waals surface area contributed by atoms with E-state index in [2.05, 4.69) is 19.9 Å². The molecule has 0 aliphatic heterocycles. The molecular weight excluding hydrogens is 349 g/mol. The Balaban J connectivity index is 1.79. The maximum Gasteiger partial charge on any atom is 0.444 e. The standard InChI is InChI=1S/C15H8F5N3O2/c16-9-2-4-10(5-3-9)25-15(19,20)11-6-1-8(7-21-11)13-22-23-14(24-13)12(17)18/h1-7,12H. The van der Waals surface area contributed by atoms with Gasteiger partial charge in [0.25, 0.3) is 5.89 Å². The summed E-state index contributed by atoms with van der Waals surface area (Å²) in [5.41, 5.74) is -0.657. The van der Waals surface area contributed by atoms with Gasteiger partial charge < -0.3 is 9.15 Å². The summed E-state index contributed by atoms with van der Waals surface area (Å²) in [6, 6.07) is 6.10. The van der Waals surface area contributed by atoms with E-state index in [0.29, 0.717) is 0 Å². The van der Waals surface area contributed by atoms with Gasteiger partial charge in [-0.1, -0.05) is 0 Å². The number of pyridine rings is 1. The first-order valence-electron chi connectivity index (χ1n) is 6.76. The van der Waals surface area contributed by atoms with Gasteiger partial charge >= 0.3 is 12.5 Å². The molecule has 0 aliphatic carbocycles. The van der Waals surface area contributed by atoms with Crippen molar-refractivity contribution < 1.29 is 31.1 Å². The van der Waals surface area contributed by atoms with E-state index >= 15 is 0 Å². The first kappa shape index (κ1) is 16.8. The number of hydrogen-bond donors (Lipinski definition) is 0. The van der Waals surface area contributed by atoms with Crippen molar-refractivity contribution in [1.29, 1.82) is 0 Å². The summed E-state index contributed by atoms with van der Waals surface area (Å²) in [6.07, 6.45) is -5.78. The van der Waals surface area contributed by atoms with Crippen molar-refractivity contribution in [2.45, 2.75) is 12.5 Å². The maximum atomic E-state index is 14.1. The fraction of sp³-hybridized carbons (Fsp3) is 0.133. The minimum atomic E-state index is -3.79. The Morgan fingerprint density at radius 1 is 1.00 bits per heavy atom. The van der Waals surface area contributed by atoms with Gasteiger partial charge in [-0.15, -0.1) is 10.2 Å². The highest BCUT2D eigenvalue weighted by molar-refractivity contribution is 5.50. The molecule has 0 radical (unpaired) electrons. The van der Waals surface area contributed by atoms with Crippen molar-refractivity contribution in [2.24, 2.45) is 0 Å². The number of halogens is 5. The maximum absolute atomic E-state index is 14.1. The number of nitrogens with zero attached hydrogens (tertiary/aromatic N) is 3. The molecule has 1 aromatic carbocycles. The number of hydrogen-bond acceptors (Lipinski definition) is 5. The third kappa shape index (κ3) is 3.73. The van der Waals surface area contributed by atoms with Gasteiger partial charge in [-0.25, -0.2) is 9.37 Å². The van der Waals surface area contributed by atoms with Crippen LogP contribution in [-0.4, -0.2) is 15.2 Å². The molecule has 0 N–H and O–H groups in total. The van der Waals surface area contributed by atoms with E-state index in [1.54, 1.807) is 0 Å². The second-order valence-electron chi connectivity index (χ2n) is 4.75. The molecule has 25 heavy (non-hydrogen) atoms. The minimum Gasteiger partial charge on any atom is -0.428 e. The second kappa shape index (κ2) is 6.46. The largest absolute Gasteiger partial charge is 0.444 e. The van der Waals surface area contributed by atoms with E-state index in [4.69, 9.17) is 4.42 Å². The summed E-state index contributed by atoms with van der Waals surface area (Å²) < 4.78 is 74.9. The van der Waals surface area contributed by atoms with Crippen LogP contribution in [0, 0.1) is 5.82 Å². The zero-order valence-corrected chi connectivity index (χ0v) is 12.2. The van der Waals surface area contributed by atoms with Crippen LogP contribution in [0.15, 0.2) is 47.0 Å². The van der Waals surface area contributed by atoms with Crippen LogP contribution in [0.3, 0.4) is 0 Å². The van der Waals surface area contributed by atoms with Crippen LogP contribution in [0.2, 0.25) is 0 Å². The summed E-state index contributed by atoms with van der Waals surface area (Å²) >= 11 is 0. The third-order valence-electron chi connectivity index (χ3n) is 3.00. The van der Waals surface area contributed by atoms with Crippen LogP contribution in [0.4, 0.5) is 22.0 Å². The molecule has 0 saturated carbocycles. The summed E-state index contributed by atoms with van der Waals surface area (Å²) in [4.78, 5) is 3.53. The topological polar surface area (TPSA) is 61.0 Å². The molecule has 10 heteroatoms. The van der Waals surface area contributed by atoms with Gasteiger partial charge in [0.1, 0.15) is 11.6 Å². The average Bonchev–Trinajstić information content (AvgIpc) is 3.07. The summed E-state index contributed by atoms with van der Waals surface area (Å²) in [5, 5.41) is 6.51. The lowest BCUT2D eigenvalue weighted by atomic mass is 10.2. The lowest BCUT2D eigenvalue weighted by molar-refractivity contribution is -0.188. The van der Waals surface area contributed by atoms with E-state index in [1.165, 1.54) is 0 Å². The fourth-order valence-electron chi connectivity index (χ4n) is 1.83. The first-order chi connectivity index (χ1) is 11.8. The Bertz CT molecular complexity index is 850. The summed E-state index contributed by atoms with van der Waals surface area (Å²) in [7, 11) is 0. The first-order valence-corrected chi connectivity index (χ1v) is 6.76. The molecule has 0 unspecified atom stereocenters. The molecule has 0 spiro atoms. The molecule has 3 rings (SSSR count). The zero-order valence-electron chi connectivity index (χ0n) is 12.2. The number of benzene rings is 1. The molecule has 0 amide bonds. The molecule has 0 aliphatic rings. The van der Waals surface area contributed by atoms with E-state index in [0.717, 1.165) is 42.6 Å². The van der Waals surface area contributed by atoms with E-state index in [-0.39, 0.29) is 17.2 Å². The van der Waals surface area contributed by atoms with Crippen molar-refractivity contribution in [3.8, 4) is 17.2 Å². The van der Waals surface area contributed by atoms with Crippen LogP contribution in [0.25, 0.3) is 11.5 Å². The quantitative estimate of drug-likeness (QED) is 0.636. The highest BCUT2D eigenvalue weighted by Gasteiger charge is 2.36. The molecule has 5 nitrogen and oxygen atoms in total. The van der Waals surface area contributed by atoms with Gasteiger partial charge in [-0.3, -0.25) is 0 Å². The molecule has 0 bridgehead atoms. The molecule has 0 fully saturated rings. The van der Waals surface area contributed by atoms with Gasteiger partial charge in [0.15, 0.2) is 5.69 Å². The smallest absolute Gasteiger partial charge is 0.428 e. The fourth-order valence-corrected chi connectivity index (χ4v) is 1.83. The van der Waals surface area contributed by atoms with Gasteiger partial charge in [0.2, 0.25) is 5.89 Å². The van der Waals surface area contributed by atoms with E-state index in [9.17, 15) is 22.0 Å². The molecule has 3 aromatic rings. The Morgan fingerprint density at radius 3 is 2.28 bits per heavy atom. The predicted octanol–water partition coefficient (Wildman–Crippen LogP) is 4.34. The van der Waals surface area contributed by atoms with Crippen molar-refractivity contribution >= 4 is 0 Å². The monoisotopic (exact) mass is 357 g/mol. The normalized spacial score (nSPS) is 11.8. The van der Waals surface area contributed by atoms with Gasteiger partial charge in [0.05, 0.1) is 5.56 Å². The Hall–Kier alpha value is -3.04. The van der Waals surface area contributed by atoms with Crippen molar-refractivity contribution in [3.05, 3.63) is 60.0 Å². The van der Waals surface area contributed by atoms with E-state index in [1.807, 2.05) is 0 Å². The molecule has 0 atom stereocenters. The van der Waals surface area contributed by atoms with Crippen LogP contribution in [-0.2, 0) is 6.11 Å². The van der Waals surface area contributed by atoms with E-state index < -0.39 is 29.9 Å². The minimum absolute atomic E-state index is 0.0840. The van der Waals surface area contributed by atoms with Gasteiger partial charge in [-0.05, 0) is 36.4 Å². The van der Waals surface area contributed by atoms with Crippen molar-refractivity contribution in [2.75, 3.05) is 0 Å². The SMILES string of the molecule is Fc1ccc(OC(F)(F)c2ccc(-c3nnc(C(F)F)o3)cn2)cc1. The summed E-state index contributed by atoms with van der Waals surface area (Å²) in [5.74, 6) is -2.02. The number of rotatable bonds is 5. The van der Waals surface area contributed by atoms with Crippen molar-refractivity contribution in [3.63, 3.8) is 0 Å². The molecule has 130 valence electrons. The van der Waals surface area contributed by atoms with Crippen LogP contribution in [0.5, 0.6) is 5.75 Å². The van der Waals surface area contributed by atoms with Gasteiger partial charge in [0, 0.05) is 6.20 Å². The highest BCUT2D eigenvalue weighted by Crippen LogP contribution is 2.31. The molecule has 2 aromatic heterocycles. The molecule has 2 heterocycles. The number of ether oxygens (including phenoxy) is 1. The van der Waals surface area contributed by atoms with Crippen LogP contribution in [0.1, 0.15) is 18.0 Å². The average molecular weight is 357 g/mol. The second-order valence-corrected chi connectivity index (χ2v) is 4.75. The van der Waals surface area contributed by atoms with Crippen LogP contribution < -0.4 is 4.74 Å². The molecular formula is C15H8F5N3O2. The number of alkyl halides is 4. The Morgan fingerprint density at radius 2 is 1.72 bits per heavy atom. The highest BCUT2D eigenvalue weighted by atomic mass is 19.3. The lowest BCUT2D eigenvalue weighted by Crippen LogP contribution is -2.23. The zero-order chi connectivity index (χ0) is 18.0. The van der Waals surface area contributed by atoms with Crippen molar-refractivity contribution in [1.82, 2.24) is 15.2 Å². The summed E-state index contributed by atoms with van der Waals surface area (Å²) in [6.45, 7) is 0. The van der Waals surface area contributed by atoms with Gasteiger partial charge in [-0.2, -0.15) is 17.6 Å². The molecule has 0 saturated heterocycles. The number of aromatic nitrogens is 3. The lowest BCUT2D eigenvalue weighted by Gasteiger charge is -2.17. The Kier molecular flexibility index (Phi) is 4.34. The predicted molar refractivity (Wildman–Crippen MR) is 73.4 cm³/mol.